The number of ether oxygens (including phenoxy) is 3. The average molecular weight is 369 g/mol. The van der Waals surface area contributed by atoms with Crippen LogP contribution in [0.25, 0.3) is 0 Å². The molecule has 28 heavy (non-hydrogen) atoms. The van der Waals surface area contributed by atoms with Gasteiger partial charge in [0.2, 0.25) is 5.75 Å². The Morgan fingerprint density at radius 1 is 0.571 bits per heavy atom. The third-order valence-corrected chi connectivity index (χ3v) is 3.93. The van der Waals surface area contributed by atoms with Crippen molar-refractivity contribution in [3.05, 3.63) is 83.2 Å². The van der Waals surface area contributed by atoms with E-state index in [4.69, 9.17) is 14.2 Å². The molecule has 0 fully saturated rings. The Labute approximate surface area is 165 Å². The van der Waals surface area contributed by atoms with E-state index in [2.05, 4.69) is 28.7 Å². The fraction of sp³-hybridized carbons (Fsp3) is 0.125. The minimum atomic E-state index is 0.549. The van der Waals surface area contributed by atoms with Crippen molar-refractivity contribution in [2.45, 2.75) is 0 Å². The molecule has 3 aromatic rings. The van der Waals surface area contributed by atoms with Crippen LogP contribution in [0.2, 0.25) is 0 Å². The van der Waals surface area contributed by atoms with E-state index in [0.29, 0.717) is 17.2 Å². The zero-order valence-corrected chi connectivity index (χ0v) is 15.9. The molecule has 0 aliphatic carbocycles. The summed E-state index contributed by atoms with van der Waals surface area (Å²) >= 11 is 0. The van der Waals surface area contributed by atoms with E-state index in [1.165, 1.54) is 0 Å². The highest BCUT2D eigenvalue weighted by Gasteiger charge is 2.12. The van der Waals surface area contributed by atoms with Gasteiger partial charge in [0.25, 0.3) is 0 Å². The first-order valence-corrected chi connectivity index (χ1v) is 8.57. The van der Waals surface area contributed by atoms with Crippen molar-refractivity contribution in [2.24, 2.45) is 0 Å². The normalized spacial score (nSPS) is 9.39. The second kappa shape index (κ2) is 9.16. The van der Waals surface area contributed by atoms with Crippen molar-refractivity contribution in [1.29, 1.82) is 0 Å². The highest BCUT2D eigenvalue weighted by atomic mass is 16.5. The molecule has 0 radical (unpaired) electrons. The molecule has 0 saturated carbocycles. The Hall–Kier alpha value is -3.89. The van der Waals surface area contributed by atoms with Crippen LogP contribution in [0.4, 0.5) is 0 Å². The summed E-state index contributed by atoms with van der Waals surface area (Å²) in [6.07, 6.45) is 3.46. The zero-order chi connectivity index (χ0) is 19.8. The maximum Gasteiger partial charge on any atom is 0.203 e. The van der Waals surface area contributed by atoms with Gasteiger partial charge >= 0.3 is 0 Å². The first-order valence-electron chi connectivity index (χ1n) is 8.57. The molecule has 0 saturated heterocycles. The van der Waals surface area contributed by atoms with Gasteiger partial charge in [-0.15, -0.1) is 0 Å². The largest absolute Gasteiger partial charge is 0.493 e. The summed E-state index contributed by atoms with van der Waals surface area (Å²) < 4.78 is 16.0. The zero-order valence-electron chi connectivity index (χ0n) is 15.9. The minimum Gasteiger partial charge on any atom is -0.493 e. The van der Waals surface area contributed by atoms with E-state index >= 15 is 0 Å². The summed E-state index contributed by atoms with van der Waals surface area (Å²) in [4.78, 5) is 3.98. The summed E-state index contributed by atoms with van der Waals surface area (Å²) in [5.74, 6) is 14.2. The number of hydrogen-bond acceptors (Lipinski definition) is 4. The number of methoxy groups -OCH3 is 3. The molecule has 0 bridgehead atoms. The molecule has 1 heterocycles. The van der Waals surface area contributed by atoms with E-state index in [9.17, 15) is 0 Å². The summed E-state index contributed by atoms with van der Waals surface area (Å²) in [7, 11) is 4.74. The van der Waals surface area contributed by atoms with E-state index in [-0.39, 0.29) is 0 Å². The topological polar surface area (TPSA) is 40.6 Å². The highest BCUT2D eigenvalue weighted by Crippen LogP contribution is 2.37. The Bertz CT molecular complexity index is 1040. The van der Waals surface area contributed by atoms with E-state index in [1.54, 1.807) is 33.7 Å². The monoisotopic (exact) mass is 369 g/mol. The number of aromatic nitrogens is 1. The summed E-state index contributed by atoms with van der Waals surface area (Å²) in [5, 5.41) is 0. The van der Waals surface area contributed by atoms with Crippen LogP contribution in [-0.2, 0) is 0 Å². The van der Waals surface area contributed by atoms with Crippen molar-refractivity contribution in [3.8, 4) is 40.9 Å². The summed E-state index contributed by atoms with van der Waals surface area (Å²) in [5.41, 5.74) is 3.52. The molecule has 0 N–H and O–H groups in total. The van der Waals surface area contributed by atoms with Gasteiger partial charge in [-0.2, -0.15) is 0 Å². The molecular weight excluding hydrogens is 350 g/mol. The molecule has 138 valence electrons. The van der Waals surface area contributed by atoms with Gasteiger partial charge in [-0.25, -0.2) is 0 Å². The third-order valence-electron chi connectivity index (χ3n) is 3.93. The minimum absolute atomic E-state index is 0.549. The Morgan fingerprint density at radius 3 is 1.43 bits per heavy atom. The number of benzene rings is 2. The van der Waals surface area contributed by atoms with Crippen LogP contribution < -0.4 is 14.2 Å². The van der Waals surface area contributed by atoms with Crippen molar-refractivity contribution in [3.63, 3.8) is 0 Å². The maximum absolute atomic E-state index is 5.36. The molecule has 0 unspecified atom stereocenters. The molecule has 0 spiro atoms. The average Bonchev–Trinajstić information content (AvgIpc) is 2.76. The number of pyridine rings is 1. The van der Waals surface area contributed by atoms with E-state index < -0.39 is 0 Å². The quantitative estimate of drug-likeness (QED) is 0.657. The van der Waals surface area contributed by atoms with Crippen LogP contribution in [0.15, 0.2) is 60.9 Å². The maximum atomic E-state index is 5.36. The predicted octanol–water partition coefficient (Wildman–Crippen LogP) is 3.91. The summed E-state index contributed by atoms with van der Waals surface area (Å²) in [6, 6.07) is 15.2. The summed E-state index contributed by atoms with van der Waals surface area (Å²) in [6.45, 7) is 0. The lowest BCUT2D eigenvalue weighted by molar-refractivity contribution is 0.324. The van der Waals surface area contributed by atoms with Gasteiger partial charge in [-0.05, 0) is 48.5 Å². The van der Waals surface area contributed by atoms with Crippen molar-refractivity contribution < 1.29 is 14.2 Å². The molecule has 2 aromatic carbocycles. The fourth-order valence-corrected chi connectivity index (χ4v) is 2.51. The molecule has 0 atom stereocenters. The lowest BCUT2D eigenvalue weighted by Gasteiger charge is -2.12. The van der Waals surface area contributed by atoms with Gasteiger partial charge in [0, 0.05) is 34.6 Å². The van der Waals surface area contributed by atoms with Crippen LogP contribution in [0.3, 0.4) is 0 Å². The third kappa shape index (κ3) is 4.63. The van der Waals surface area contributed by atoms with E-state index in [0.717, 1.165) is 22.3 Å². The number of nitrogens with zero attached hydrogens (tertiary/aromatic N) is 1. The van der Waals surface area contributed by atoms with Crippen molar-refractivity contribution >= 4 is 0 Å². The SMILES string of the molecule is COc1cc(C#Cc2ccc(C#Cc3ccncc3)cc2)cc(OC)c1OC. The molecular formula is C24H19NO3. The van der Waals surface area contributed by atoms with Crippen LogP contribution in [0.5, 0.6) is 17.2 Å². The van der Waals surface area contributed by atoms with Gasteiger partial charge in [-0.3, -0.25) is 4.98 Å². The lowest BCUT2D eigenvalue weighted by atomic mass is 10.1. The van der Waals surface area contributed by atoms with Crippen molar-refractivity contribution in [1.82, 2.24) is 4.98 Å². The molecule has 4 heteroatoms. The van der Waals surface area contributed by atoms with Crippen molar-refractivity contribution in [2.75, 3.05) is 21.3 Å². The van der Waals surface area contributed by atoms with Crippen LogP contribution in [0, 0.1) is 23.7 Å². The Morgan fingerprint density at radius 2 is 1.00 bits per heavy atom. The fourth-order valence-electron chi connectivity index (χ4n) is 2.51. The van der Waals surface area contributed by atoms with Crippen LogP contribution in [-0.4, -0.2) is 26.3 Å². The molecule has 0 aliphatic heterocycles. The highest BCUT2D eigenvalue weighted by molar-refractivity contribution is 5.58. The Balaban J connectivity index is 1.80. The first-order chi connectivity index (χ1) is 13.7. The number of hydrogen-bond donors (Lipinski definition) is 0. The second-order valence-electron chi connectivity index (χ2n) is 5.73. The van der Waals surface area contributed by atoms with E-state index in [1.807, 2.05) is 48.5 Å². The molecule has 0 aliphatic rings. The van der Waals surface area contributed by atoms with Gasteiger partial charge < -0.3 is 14.2 Å². The first kappa shape index (κ1) is 18.9. The number of rotatable bonds is 3. The molecule has 4 nitrogen and oxygen atoms in total. The second-order valence-corrected chi connectivity index (χ2v) is 5.73. The lowest BCUT2D eigenvalue weighted by Crippen LogP contribution is -1.95. The Kier molecular flexibility index (Phi) is 6.18. The molecule has 0 amide bonds. The van der Waals surface area contributed by atoms with Gasteiger partial charge in [0.05, 0.1) is 21.3 Å². The smallest absolute Gasteiger partial charge is 0.203 e. The van der Waals surface area contributed by atoms with Crippen LogP contribution >= 0.6 is 0 Å². The van der Waals surface area contributed by atoms with Gasteiger partial charge in [0.15, 0.2) is 11.5 Å². The van der Waals surface area contributed by atoms with Crippen LogP contribution in [0.1, 0.15) is 22.3 Å². The van der Waals surface area contributed by atoms with Gasteiger partial charge in [-0.1, -0.05) is 23.7 Å². The van der Waals surface area contributed by atoms with Gasteiger partial charge in [0.1, 0.15) is 0 Å². The molecule has 3 rings (SSSR count). The molecule has 1 aromatic heterocycles. The standard InChI is InChI=1S/C24H19NO3/c1-26-22-16-21(17-23(27-2)24(22)28-3)11-10-19-6-4-18(5-7-19)8-9-20-12-14-25-15-13-20/h4-7,12-17H,1-3H3. The predicted molar refractivity (Wildman–Crippen MR) is 109 cm³/mol.